The van der Waals surface area contributed by atoms with E-state index in [2.05, 4.69) is 0 Å². The van der Waals surface area contributed by atoms with Gasteiger partial charge in [-0.2, -0.15) is 0 Å². The van der Waals surface area contributed by atoms with Gasteiger partial charge in [0.1, 0.15) is 68.4 Å². The molecule has 0 spiro atoms. The molecule has 31 nitrogen and oxygen atoms in total. The van der Waals surface area contributed by atoms with Gasteiger partial charge in [-0.15, -0.1) is 0 Å². The Hall–Kier alpha value is -14.6. The third kappa shape index (κ3) is 17.9. The number of aryl methyl sites for hydroxylation is 4. The standard InChI is InChI=1S/C25H21NO6S.C23H20N2O7S.C23H20N2O6S.C21H19NO6S/c1-15(27)10-13-21(28)23-24(29)19-14-17(11-12-20(19)26(2)25(23)30)33(31,32)22-9-5-7-16-6-3-4-8-18(16)22;1-13(26)7-10-19(27)21-22(29)16-12-15(8-9-18(16)24(2)23(21)30)33(31,32)25-17-6-4-3-5-14(17)11-20(25)28;1-14(26)7-10-20(27)21-22(28)17-13-16(8-9-19(17)24(2)23(21)29)32(30,31)25-12-11-15-5-3-4-6-18(15)25;1-13(23)8-11-18(24)19-20(25)16-12-15(9-10-17(16)22(2)21(19)26)29(27,28)14-6-4-3-5-7-14/h3-9,11-12,14,29H,10,13H2,1-2H3;3-6,8-9,12,29H,7,10-11H2,1-2H3;3-6,8-9,11-13,28H,7,10H2,1-2H3;3-7,9-10,12,25H,8,11H2,1-2H3. The molecular formula is C92H80N6O25S4. The molecule has 0 bridgehead atoms. The van der Waals surface area contributed by atoms with E-state index in [-0.39, 0.29) is 160 Å². The third-order valence-corrected chi connectivity index (χ3v) is 28.4. The molecule has 6 heterocycles. The number of hydrogen-bond acceptors (Lipinski definition) is 25. The van der Waals surface area contributed by atoms with E-state index >= 15 is 0 Å². The number of sulfonamides is 1. The predicted octanol–water partition coefficient (Wildman–Crippen LogP) is 11.5. The molecule has 0 atom stereocenters. The lowest BCUT2D eigenvalue weighted by Crippen LogP contribution is -2.33. The maximum absolute atomic E-state index is 13.5. The fourth-order valence-corrected chi connectivity index (χ4v) is 20.3. The lowest BCUT2D eigenvalue weighted by molar-refractivity contribution is -0.117. The van der Waals surface area contributed by atoms with Crippen LogP contribution in [0.15, 0.2) is 255 Å². The number of sulfone groups is 2. The lowest BCUT2D eigenvalue weighted by atomic mass is 10.0. The van der Waals surface area contributed by atoms with Crippen molar-refractivity contribution in [2.45, 2.75) is 115 Å². The molecule has 15 rings (SSSR count). The van der Waals surface area contributed by atoms with Crippen LogP contribution in [0.25, 0.3) is 65.3 Å². The van der Waals surface area contributed by atoms with Crippen molar-refractivity contribution in [1.29, 1.82) is 0 Å². The Morgan fingerprint density at radius 3 is 1.07 bits per heavy atom. The Kier molecular flexibility index (Phi) is 26.2. The number of benzene rings is 9. The van der Waals surface area contributed by atoms with Crippen molar-refractivity contribution in [1.82, 2.24) is 22.2 Å². The molecule has 0 aliphatic carbocycles. The van der Waals surface area contributed by atoms with E-state index < -0.39 is 136 Å². The molecular weight excluding hydrogens is 1720 g/mol. The Morgan fingerprint density at radius 2 is 0.654 bits per heavy atom. The number of para-hydroxylation sites is 2. The summed E-state index contributed by atoms with van der Waals surface area (Å²) in [5.41, 5.74) is -2.39. The molecule has 35 heteroatoms. The number of carbonyl (C=O) groups is 9. The van der Waals surface area contributed by atoms with Gasteiger partial charge in [0, 0.05) is 118 Å². The van der Waals surface area contributed by atoms with Crippen molar-refractivity contribution in [3.05, 3.63) is 276 Å². The lowest BCUT2D eigenvalue weighted by Gasteiger charge is -2.19. The van der Waals surface area contributed by atoms with E-state index in [4.69, 9.17) is 0 Å². The number of carbonyl (C=O) groups excluding carboxylic acids is 9. The first-order valence-corrected chi connectivity index (χ1v) is 44.8. The number of hydrogen-bond donors (Lipinski definition) is 4. The highest BCUT2D eigenvalue weighted by molar-refractivity contribution is 7.93. The topological polar surface area (TPSA) is 467 Å². The van der Waals surface area contributed by atoms with Crippen LogP contribution in [0.2, 0.25) is 0 Å². The van der Waals surface area contributed by atoms with Gasteiger partial charge in [-0.05, 0) is 148 Å². The Bertz CT molecular complexity index is 7830. The van der Waals surface area contributed by atoms with E-state index in [0.717, 1.165) is 29.7 Å². The summed E-state index contributed by atoms with van der Waals surface area (Å²) >= 11 is 0. The molecule has 0 saturated heterocycles. The largest absolute Gasteiger partial charge is 0.506 e. The van der Waals surface area contributed by atoms with E-state index in [1.54, 1.807) is 84.9 Å². The van der Waals surface area contributed by atoms with Crippen LogP contribution in [0.5, 0.6) is 23.0 Å². The molecule has 0 saturated carbocycles. The third-order valence-electron chi connectivity index (χ3n) is 21.4. The molecule has 652 valence electrons. The van der Waals surface area contributed by atoms with Gasteiger partial charge in [0.25, 0.3) is 42.3 Å². The van der Waals surface area contributed by atoms with Gasteiger partial charge in [0.05, 0.1) is 69.1 Å². The van der Waals surface area contributed by atoms with Crippen LogP contribution in [0, 0.1) is 0 Å². The van der Waals surface area contributed by atoms with Crippen LogP contribution >= 0.6 is 0 Å². The van der Waals surface area contributed by atoms with E-state index in [9.17, 15) is 116 Å². The number of Topliss-reactive ketones (excluding diaryl/α,β-unsaturated/α-hetero) is 8. The fourth-order valence-electron chi connectivity index (χ4n) is 14.6. The number of rotatable bonds is 24. The quantitative estimate of drug-likeness (QED) is 0.0408. The molecule has 127 heavy (non-hydrogen) atoms. The number of anilines is 1. The molecule has 5 aromatic heterocycles. The smallest absolute Gasteiger partial charge is 0.270 e. The van der Waals surface area contributed by atoms with Gasteiger partial charge in [-0.3, -0.25) is 43.2 Å². The average Bonchev–Trinajstić information content (AvgIpc) is 1.74. The van der Waals surface area contributed by atoms with Crippen molar-refractivity contribution in [3.8, 4) is 23.0 Å². The minimum absolute atomic E-state index is 0.0377. The molecule has 9 aromatic carbocycles. The fraction of sp³-hybridized carbons (Fsp3) is 0.185. The number of nitrogens with zero attached hydrogens (tertiary/aromatic N) is 6. The second-order valence-corrected chi connectivity index (χ2v) is 37.5. The van der Waals surface area contributed by atoms with Gasteiger partial charge < -0.3 is 57.9 Å². The summed E-state index contributed by atoms with van der Waals surface area (Å²) in [6.07, 6.45) is 0.190. The summed E-state index contributed by atoms with van der Waals surface area (Å²) < 4.78 is 113. The molecule has 1 aliphatic rings. The number of pyridine rings is 4. The van der Waals surface area contributed by atoms with Crippen molar-refractivity contribution < 1.29 is 97.2 Å². The SMILES string of the molecule is CC(=O)CCC(=O)c1c(O)c2cc(S(=O)(=O)N3C(=O)Cc4ccccc43)ccc2n(C)c1=O.CC(=O)CCC(=O)c1c(O)c2cc(S(=O)(=O)c3cccc4ccccc34)ccc2n(C)c1=O.CC(=O)CCC(=O)c1c(O)c2cc(S(=O)(=O)c3ccccc3)ccc2n(C)c1=O.CC(=O)CCC(=O)c1c(O)c2cc(S(=O)(=O)n3ccc4ccccc43)ccc2n(C)c1=O. The predicted molar refractivity (Wildman–Crippen MR) is 471 cm³/mol. The molecule has 0 radical (unpaired) electrons. The molecule has 14 aromatic rings. The molecule has 1 aliphatic heterocycles. The number of amides is 1. The Morgan fingerprint density at radius 1 is 0.315 bits per heavy atom. The first-order valence-electron chi connectivity index (χ1n) is 39.0. The zero-order chi connectivity index (χ0) is 92.5. The Labute approximate surface area is 723 Å². The highest BCUT2D eigenvalue weighted by atomic mass is 32.2. The average molecular weight is 1800 g/mol. The van der Waals surface area contributed by atoms with Crippen LogP contribution in [-0.2, 0) is 98.3 Å². The molecule has 0 unspecified atom stereocenters. The minimum Gasteiger partial charge on any atom is -0.506 e. The first-order chi connectivity index (χ1) is 59.9. The van der Waals surface area contributed by atoms with Crippen LogP contribution in [0.3, 0.4) is 0 Å². The zero-order valence-electron chi connectivity index (χ0n) is 69.2. The van der Waals surface area contributed by atoms with E-state index in [1.165, 1.54) is 167 Å². The normalized spacial score (nSPS) is 12.1. The summed E-state index contributed by atoms with van der Waals surface area (Å²) in [7, 11) is -10.5. The van der Waals surface area contributed by atoms with Crippen molar-refractivity contribution in [2.24, 2.45) is 28.2 Å². The summed E-state index contributed by atoms with van der Waals surface area (Å²) in [6, 6.07) is 50.9. The van der Waals surface area contributed by atoms with Crippen molar-refractivity contribution in [3.63, 3.8) is 0 Å². The maximum Gasteiger partial charge on any atom is 0.270 e. The summed E-state index contributed by atoms with van der Waals surface area (Å²) in [5.74, 6) is -6.67. The molecule has 1 amide bonds. The molecule has 0 fully saturated rings. The number of aromatic hydroxyl groups is 4. The maximum atomic E-state index is 13.5. The van der Waals surface area contributed by atoms with Crippen molar-refractivity contribution in [2.75, 3.05) is 4.31 Å². The minimum atomic E-state index is -4.33. The highest BCUT2D eigenvalue weighted by Gasteiger charge is 2.39. The van der Waals surface area contributed by atoms with Crippen LogP contribution < -0.4 is 26.5 Å². The van der Waals surface area contributed by atoms with E-state index in [0.29, 0.717) is 16.5 Å². The van der Waals surface area contributed by atoms with Crippen molar-refractivity contribution >= 4 is 163 Å². The number of fused-ring (bicyclic) bond motifs is 7. The van der Waals surface area contributed by atoms with Gasteiger partial charge >= 0.3 is 0 Å². The zero-order valence-corrected chi connectivity index (χ0v) is 72.4. The highest BCUT2D eigenvalue weighted by Crippen LogP contribution is 2.40. The summed E-state index contributed by atoms with van der Waals surface area (Å²) in [4.78, 5) is 158. The van der Waals surface area contributed by atoms with Crippen LogP contribution in [0.1, 0.15) is 126 Å². The van der Waals surface area contributed by atoms with Crippen LogP contribution in [0.4, 0.5) is 5.69 Å². The number of ketones is 8. The summed E-state index contributed by atoms with van der Waals surface area (Å²) in [5, 5.41) is 45.2. The van der Waals surface area contributed by atoms with E-state index in [1.807, 2.05) is 18.2 Å². The van der Waals surface area contributed by atoms with Crippen LogP contribution in [-0.4, -0.2) is 129 Å². The van der Waals surface area contributed by atoms with Gasteiger partial charge in [0.15, 0.2) is 23.1 Å². The number of aromatic nitrogens is 5. The van der Waals surface area contributed by atoms with Gasteiger partial charge in [-0.25, -0.2) is 41.9 Å². The molecule has 4 N–H and O–H groups in total. The monoisotopic (exact) mass is 1800 g/mol. The van der Waals surface area contributed by atoms with Gasteiger partial charge in [0.2, 0.25) is 25.6 Å². The summed E-state index contributed by atoms with van der Waals surface area (Å²) in [6.45, 7) is 5.29. The van der Waals surface area contributed by atoms with Gasteiger partial charge in [-0.1, -0.05) is 91.0 Å². The first kappa shape index (κ1) is 91.7. The second-order valence-electron chi connectivity index (χ2n) is 30.0. The Balaban J connectivity index is 0.000000154. The second kappa shape index (κ2) is 36.3.